The second kappa shape index (κ2) is 10.7. The van der Waals surface area contributed by atoms with E-state index in [0.29, 0.717) is 5.56 Å². The van der Waals surface area contributed by atoms with Gasteiger partial charge in [0.25, 0.3) is 5.91 Å². The van der Waals surface area contributed by atoms with Crippen LogP contribution in [0, 0.1) is 5.41 Å². The number of amidine groups is 1. The van der Waals surface area contributed by atoms with Gasteiger partial charge in [-0.05, 0) is 30.2 Å². The Morgan fingerprint density at radius 2 is 1.81 bits per heavy atom. The largest absolute Gasteiger partial charge is 0.290 e. The summed E-state index contributed by atoms with van der Waals surface area (Å²) in [6.07, 6.45) is 0. The number of benzene rings is 2. The van der Waals surface area contributed by atoms with Crippen molar-refractivity contribution in [3.63, 3.8) is 0 Å². The fourth-order valence-corrected chi connectivity index (χ4v) is 6.36. The van der Waals surface area contributed by atoms with Crippen LogP contribution < -0.4 is 15.7 Å². The standard InChI is InChI=1S/C23H25N7O5S2/c1-15(22(31)27-33)30-14-23(28-29-30,18-10-6-5-9-17(18)21(24)26-32)13-25-37(34,35)20-12-11-19(36-20)16-7-3-2-4-8-16/h2-12,15,25,32-33H,13-14H2,1H3,(H2,24,26)(H,27,31). The molecule has 2 heterocycles. The molecule has 37 heavy (non-hydrogen) atoms. The number of thiophene rings is 1. The maximum Gasteiger partial charge on any atom is 0.267 e. The van der Waals surface area contributed by atoms with Gasteiger partial charge >= 0.3 is 0 Å². The number of carbonyl (C=O) groups is 1. The van der Waals surface area contributed by atoms with Crippen molar-refractivity contribution in [2.75, 3.05) is 13.1 Å². The molecule has 1 amide bonds. The lowest BCUT2D eigenvalue weighted by Crippen LogP contribution is -2.48. The average Bonchev–Trinajstić information content (AvgIpc) is 3.61. The van der Waals surface area contributed by atoms with E-state index in [0.717, 1.165) is 21.8 Å². The molecule has 2 aromatic carbocycles. The summed E-state index contributed by atoms with van der Waals surface area (Å²) in [4.78, 5) is 12.8. The van der Waals surface area contributed by atoms with Gasteiger partial charge in [0.1, 0.15) is 21.6 Å². The van der Waals surface area contributed by atoms with Crippen LogP contribution >= 0.6 is 11.3 Å². The van der Waals surface area contributed by atoms with Gasteiger partial charge in [0, 0.05) is 17.0 Å². The van der Waals surface area contributed by atoms with Crippen LogP contribution in [-0.4, -0.2) is 54.7 Å². The lowest BCUT2D eigenvalue weighted by molar-refractivity contribution is -0.134. The lowest BCUT2D eigenvalue weighted by atomic mass is 9.86. The first-order chi connectivity index (χ1) is 17.7. The van der Waals surface area contributed by atoms with E-state index in [9.17, 15) is 18.4 Å². The second-order valence-electron chi connectivity index (χ2n) is 8.31. The van der Waals surface area contributed by atoms with Crippen molar-refractivity contribution in [1.82, 2.24) is 20.7 Å². The highest BCUT2D eigenvalue weighted by molar-refractivity contribution is 7.91. The summed E-state index contributed by atoms with van der Waals surface area (Å²) in [5.74, 6) is -1.04. The molecule has 0 radical (unpaired) electrons. The first-order valence-electron chi connectivity index (χ1n) is 11.1. The van der Waals surface area contributed by atoms with Gasteiger partial charge in [-0.3, -0.25) is 31.1 Å². The molecule has 12 nitrogen and oxygen atoms in total. The molecule has 0 bridgehead atoms. The molecule has 1 aliphatic heterocycles. The van der Waals surface area contributed by atoms with Crippen LogP contribution in [0.5, 0.6) is 0 Å². The number of nitrogens with zero attached hydrogens (tertiary/aromatic N) is 3. The Morgan fingerprint density at radius 3 is 2.51 bits per heavy atom. The molecule has 1 aromatic heterocycles. The number of carbonyl (C=O) groups excluding carboxylic acids is 1. The SMILES string of the molecule is CC(C(=O)NO)N1CC(CNS(=O)(=O)c2ccc(-c3ccccc3)s2)(c2ccccc2C(=N)NO)N=N1. The third-order valence-electron chi connectivity index (χ3n) is 5.98. The zero-order chi connectivity index (χ0) is 26.6. The Kier molecular flexibility index (Phi) is 7.65. The Hall–Kier alpha value is -3.69. The van der Waals surface area contributed by atoms with Crippen molar-refractivity contribution in [3.05, 3.63) is 77.9 Å². The molecule has 0 saturated heterocycles. The molecule has 0 spiro atoms. The predicted octanol–water partition coefficient (Wildman–Crippen LogP) is 2.47. The molecule has 0 aliphatic carbocycles. The number of sulfonamides is 1. The van der Waals surface area contributed by atoms with Crippen LogP contribution in [0.3, 0.4) is 0 Å². The van der Waals surface area contributed by atoms with Gasteiger partial charge < -0.3 is 0 Å². The number of rotatable bonds is 9. The van der Waals surface area contributed by atoms with Crippen LogP contribution in [-0.2, 0) is 20.4 Å². The highest BCUT2D eigenvalue weighted by Crippen LogP contribution is 2.36. The summed E-state index contributed by atoms with van der Waals surface area (Å²) in [6, 6.07) is 18.3. The monoisotopic (exact) mass is 543 g/mol. The maximum atomic E-state index is 13.3. The number of hydrogen-bond acceptors (Lipinski definition) is 10. The molecule has 2 unspecified atom stereocenters. The number of hydrogen-bond donors (Lipinski definition) is 6. The van der Waals surface area contributed by atoms with Crippen LogP contribution in [0.2, 0.25) is 0 Å². The molecule has 14 heteroatoms. The normalized spacial score (nSPS) is 18.0. The van der Waals surface area contributed by atoms with E-state index in [-0.39, 0.29) is 28.7 Å². The quantitative estimate of drug-likeness (QED) is 0.104. The van der Waals surface area contributed by atoms with Crippen molar-refractivity contribution < 1.29 is 23.6 Å². The van der Waals surface area contributed by atoms with E-state index in [4.69, 9.17) is 10.6 Å². The van der Waals surface area contributed by atoms with E-state index >= 15 is 0 Å². The van der Waals surface area contributed by atoms with Gasteiger partial charge in [0.2, 0.25) is 10.0 Å². The van der Waals surface area contributed by atoms with E-state index < -0.39 is 27.5 Å². The summed E-state index contributed by atoms with van der Waals surface area (Å²) < 4.78 is 29.3. The highest BCUT2D eigenvalue weighted by Gasteiger charge is 2.44. The molecule has 1 aliphatic rings. The summed E-state index contributed by atoms with van der Waals surface area (Å²) in [5.41, 5.74) is 3.59. The van der Waals surface area contributed by atoms with Crippen LogP contribution in [0.1, 0.15) is 18.1 Å². The number of hydroxylamine groups is 2. The van der Waals surface area contributed by atoms with Crippen molar-refractivity contribution in [1.29, 1.82) is 5.41 Å². The topological polar surface area (TPSA) is 180 Å². The molecule has 0 fully saturated rings. The summed E-state index contributed by atoms with van der Waals surface area (Å²) in [5, 5.41) is 36.2. The zero-order valence-electron chi connectivity index (χ0n) is 19.6. The summed E-state index contributed by atoms with van der Waals surface area (Å²) >= 11 is 1.12. The fourth-order valence-electron chi connectivity index (χ4n) is 3.92. The van der Waals surface area contributed by atoms with Crippen molar-refractivity contribution in [2.45, 2.75) is 22.7 Å². The molecule has 6 N–H and O–H groups in total. The minimum absolute atomic E-state index is 0.0421. The summed E-state index contributed by atoms with van der Waals surface area (Å²) in [7, 11) is -3.97. The minimum Gasteiger partial charge on any atom is -0.290 e. The first kappa shape index (κ1) is 26.4. The van der Waals surface area contributed by atoms with Gasteiger partial charge in [-0.2, -0.15) is 5.11 Å². The molecule has 0 saturated carbocycles. The minimum atomic E-state index is -3.97. The molecule has 194 valence electrons. The Balaban J connectivity index is 1.66. The predicted molar refractivity (Wildman–Crippen MR) is 136 cm³/mol. The Bertz CT molecular complexity index is 1430. The van der Waals surface area contributed by atoms with Crippen LogP contribution in [0.4, 0.5) is 0 Å². The molecular formula is C23H25N7O5S2. The van der Waals surface area contributed by atoms with Crippen LogP contribution in [0.15, 0.2) is 81.3 Å². The third-order valence-corrected chi connectivity index (χ3v) is 9.01. The number of amides is 1. The average molecular weight is 544 g/mol. The third kappa shape index (κ3) is 5.38. The Morgan fingerprint density at radius 1 is 1.11 bits per heavy atom. The van der Waals surface area contributed by atoms with Gasteiger partial charge in [0.15, 0.2) is 0 Å². The Labute approximate surface area is 217 Å². The van der Waals surface area contributed by atoms with Gasteiger partial charge in [-0.1, -0.05) is 59.8 Å². The smallest absolute Gasteiger partial charge is 0.267 e. The van der Waals surface area contributed by atoms with Crippen molar-refractivity contribution >= 4 is 33.1 Å². The zero-order valence-corrected chi connectivity index (χ0v) is 21.3. The van der Waals surface area contributed by atoms with E-state index in [1.165, 1.54) is 18.0 Å². The van der Waals surface area contributed by atoms with E-state index in [1.54, 1.807) is 41.3 Å². The fraction of sp³-hybridized carbons (Fsp3) is 0.217. The van der Waals surface area contributed by atoms with E-state index in [1.807, 2.05) is 30.3 Å². The lowest BCUT2D eigenvalue weighted by Gasteiger charge is -2.29. The summed E-state index contributed by atoms with van der Waals surface area (Å²) in [6.45, 7) is 1.21. The van der Waals surface area contributed by atoms with Gasteiger partial charge in [-0.25, -0.2) is 18.6 Å². The van der Waals surface area contributed by atoms with Crippen LogP contribution in [0.25, 0.3) is 10.4 Å². The number of nitrogens with one attached hydrogen (secondary N) is 4. The molecule has 3 aromatic rings. The first-order valence-corrected chi connectivity index (χ1v) is 13.4. The van der Waals surface area contributed by atoms with Gasteiger partial charge in [-0.15, -0.1) is 11.3 Å². The molecular weight excluding hydrogens is 518 g/mol. The molecule has 4 rings (SSSR count). The van der Waals surface area contributed by atoms with Gasteiger partial charge in [0.05, 0.1) is 6.54 Å². The highest BCUT2D eigenvalue weighted by atomic mass is 32.2. The maximum absolute atomic E-state index is 13.3. The second-order valence-corrected chi connectivity index (χ2v) is 11.4. The van der Waals surface area contributed by atoms with Crippen molar-refractivity contribution in [2.24, 2.45) is 10.3 Å². The van der Waals surface area contributed by atoms with E-state index in [2.05, 4.69) is 15.1 Å². The van der Waals surface area contributed by atoms with Crippen molar-refractivity contribution in [3.8, 4) is 10.4 Å². The molecule has 2 atom stereocenters.